The highest BCUT2D eigenvalue weighted by molar-refractivity contribution is 9.39. The normalized spacial score (nSPS) is 23.3. The van der Waals surface area contributed by atoms with Crippen molar-refractivity contribution in [1.29, 1.82) is 0 Å². The van der Waals surface area contributed by atoms with Crippen LogP contribution in [0.3, 0.4) is 0 Å². The minimum atomic E-state index is -3.84. The Bertz CT molecular complexity index is 1100. The molecule has 3 atom stereocenters. The van der Waals surface area contributed by atoms with Crippen LogP contribution in [0.4, 0.5) is 0 Å². The number of rotatable bonds is 7. The van der Waals surface area contributed by atoms with E-state index in [2.05, 4.69) is 47.8 Å². The average Bonchev–Trinajstić information content (AvgIpc) is 3.21. The molecule has 32 heavy (non-hydrogen) atoms. The van der Waals surface area contributed by atoms with Crippen LogP contribution >= 0.6 is 47.8 Å². The van der Waals surface area contributed by atoms with Crippen molar-refractivity contribution in [3.63, 3.8) is 0 Å². The Labute approximate surface area is 213 Å². The second kappa shape index (κ2) is 9.02. The lowest BCUT2D eigenvalue weighted by Crippen LogP contribution is -2.37. The molecule has 0 unspecified atom stereocenters. The summed E-state index contributed by atoms with van der Waals surface area (Å²) in [7, 11) is -2.53. The molecule has 0 spiro atoms. The van der Waals surface area contributed by atoms with Crippen LogP contribution in [-0.4, -0.2) is 36.0 Å². The fraction of sp³-hybridized carbons (Fsp3) is 0.409. The number of carbonyl (C=O) groups excluding carboxylic acids is 1. The van der Waals surface area contributed by atoms with Crippen molar-refractivity contribution >= 4 is 63.9 Å². The van der Waals surface area contributed by atoms with E-state index in [4.69, 9.17) is 13.7 Å². The Balaban J connectivity index is 2.11. The quantitative estimate of drug-likeness (QED) is 0.216. The zero-order chi connectivity index (χ0) is 23.9. The lowest BCUT2D eigenvalue weighted by molar-refractivity contribution is -0.145. The zero-order valence-corrected chi connectivity index (χ0v) is 23.4. The minimum absolute atomic E-state index is 0.483. The monoisotopic (exact) mass is 652 g/mol. The molecule has 0 saturated heterocycles. The third-order valence-corrected chi connectivity index (χ3v) is 7.77. The summed E-state index contributed by atoms with van der Waals surface area (Å²) in [4.78, 5) is 13.3. The van der Waals surface area contributed by atoms with Gasteiger partial charge in [0.05, 0.1) is 13.4 Å². The third-order valence-electron chi connectivity index (χ3n) is 5.86. The summed E-state index contributed by atoms with van der Waals surface area (Å²) >= 11 is 10.2. The summed E-state index contributed by atoms with van der Waals surface area (Å²) < 4.78 is 39.6. The van der Waals surface area contributed by atoms with E-state index in [1.54, 1.807) is 18.2 Å². The van der Waals surface area contributed by atoms with Crippen molar-refractivity contribution in [3.05, 3.63) is 60.2 Å². The molecule has 0 heterocycles. The Morgan fingerprint density at radius 1 is 1.03 bits per heavy atom. The fourth-order valence-corrected chi connectivity index (χ4v) is 6.62. The van der Waals surface area contributed by atoms with Gasteiger partial charge in [0.15, 0.2) is 2.14 Å². The molecule has 0 aliphatic heterocycles. The number of para-hydroxylation sites is 1. The number of hydrogen-bond acceptors (Lipinski definition) is 6. The second-order valence-electron chi connectivity index (χ2n) is 8.20. The molecular formula is C22H23Br3O6S. The highest BCUT2D eigenvalue weighted by atomic mass is 80.0. The van der Waals surface area contributed by atoms with E-state index < -0.39 is 41.1 Å². The van der Waals surface area contributed by atoms with Crippen molar-refractivity contribution < 1.29 is 26.9 Å². The molecule has 2 aromatic rings. The van der Waals surface area contributed by atoms with Crippen LogP contribution in [0.25, 0.3) is 0 Å². The van der Waals surface area contributed by atoms with Gasteiger partial charge in [-0.3, -0.25) is 8.98 Å². The predicted octanol–water partition coefficient (Wildman–Crippen LogP) is 5.73. The number of alkyl halides is 3. The number of esters is 1. The maximum absolute atomic E-state index is 13.3. The van der Waals surface area contributed by atoms with Crippen LogP contribution in [0.15, 0.2) is 54.6 Å². The molecule has 3 rings (SSSR count). The van der Waals surface area contributed by atoms with Gasteiger partial charge in [-0.15, -0.1) is 0 Å². The highest BCUT2D eigenvalue weighted by Gasteiger charge is 2.81. The first-order chi connectivity index (χ1) is 14.7. The first-order valence-corrected chi connectivity index (χ1v) is 13.8. The molecule has 0 bridgehead atoms. The number of ether oxygens (including phenoxy) is 2. The van der Waals surface area contributed by atoms with Gasteiger partial charge in [-0.2, -0.15) is 8.42 Å². The summed E-state index contributed by atoms with van der Waals surface area (Å²) in [6.07, 6.45) is -0.00674. The molecule has 0 N–H and O–H groups in total. The van der Waals surface area contributed by atoms with Gasteiger partial charge in [-0.05, 0) is 35.2 Å². The fourth-order valence-electron chi connectivity index (χ4n) is 4.55. The molecule has 1 aliphatic carbocycles. The summed E-state index contributed by atoms with van der Waals surface area (Å²) in [5.41, 5.74) is -1.23. The lowest BCUT2D eigenvalue weighted by Gasteiger charge is -2.27. The highest BCUT2D eigenvalue weighted by Crippen LogP contribution is 2.74. The standard InChI is InChI=1S/C22H23Br3O6S/c1-20(2)17(18(22(23,24)25)31-32(4,27)28)21(20,19(26)29-3)14-9-8-12-16(13-14)30-15-10-6-5-7-11-15/h5-13,17-18H,1-4H3/t17-,18+,21-/m1/s1. The van der Waals surface area contributed by atoms with Crippen molar-refractivity contribution in [2.75, 3.05) is 13.4 Å². The van der Waals surface area contributed by atoms with E-state index in [1.807, 2.05) is 50.2 Å². The van der Waals surface area contributed by atoms with Gasteiger partial charge in [-0.1, -0.05) is 92.0 Å². The molecule has 0 amide bonds. The van der Waals surface area contributed by atoms with E-state index in [9.17, 15) is 13.2 Å². The van der Waals surface area contributed by atoms with Gasteiger partial charge in [0, 0.05) is 5.92 Å². The Morgan fingerprint density at radius 2 is 1.62 bits per heavy atom. The summed E-state index contributed by atoms with van der Waals surface area (Å²) in [5, 5.41) is 0. The first-order valence-electron chi connectivity index (χ1n) is 9.62. The molecule has 6 nitrogen and oxygen atoms in total. The Hall–Kier alpha value is -0.940. The smallest absolute Gasteiger partial charge is 0.317 e. The van der Waals surface area contributed by atoms with Gasteiger partial charge in [0.1, 0.15) is 23.0 Å². The van der Waals surface area contributed by atoms with Crippen LogP contribution in [0, 0.1) is 11.3 Å². The van der Waals surface area contributed by atoms with Crippen LogP contribution < -0.4 is 4.74 Å². The van der Waals surface area contributed by atoms with Crippen molar-refractivity contribution in [2.24, 2.45) is 11.3 Å². The number of halogens is 3. The molecule has 174 valence electrons. The van der Waals surface area contributed by atoms with Crippen molar-refractivity contribution in [2.45, 2.75) is 27.5 Å². The van der Waals surface area contributed by atoms with E-state index in [-0.39, 0.29) is 0 Å². The first kappa shape index (κ1) is 25.7. The SMILES string of the molecule is COC(=O)[C@@]1(c2cccc(Oc3ccccc3)c2)[C@H]([C@H](OS(C)(=O)=O)C(Br)(Br)Br)C1(C)C. The third kappa shape index (κ3) is 4.80. The largest absolute Gasteiger partial charge is 0.468 e. The number of carbonyl (C=O) groups is 1. The zero-order valence-electron chi connectivity index (χ0n) is 17.8. The number of methoxy groups -OCH3 is 1. The molecule has 0 aromatic heterocycles. The van der Waals surface area contributed by atoms with Gasteiger partial charge < -0.3 is 9.47 Å². The van der Waals surface area contributed by atoms with Gasteiger partial charge in [-0.25, -0.2) is 0 Å². The molecule has 1 saturated carbocycles. The number of benzene rings is 2. The topological polar surface area (TPSA) is 78.9 Å². The minimum Gasteiger partial charge on any atom is -0.468 e. The maximum Gasteiger partial charge on any atom is 0.317 e. The summed E-state index contributed by atoms with van der Waals surface area (Å²) in [6, 6.07) is 16.5. The van der Waals surface area contributed by atoms with Crippen LogP contribution in [0.2, 0.25) is 0 Å². The molecule has 2 aromatic carbocycles. The molecule has 1 fully saturated rings. The summed E-state index contributed by atoms with van der Waals surface area (Å²) in [5.74, 6) is 0.148. The second-order valence-corrected chi connectivity index (χ2v) is 16.8. The van der Waals surface area contributed by atoms with Gasteiger partial charge >= 0.3 is 5.97 Å². The Morgan fingerprint density at radius 3 is 2.16 bits per heavy atom. The van der Waals surface area contributed by atoms with E-state index in [1.165, 1.54) is 7.11 Å². The van der Waals surface area contributed by atoms with Crippen LogP contribution in [0.1, 0.15) is 19.4 Å². The van der Waals surface area contributed by atoms with E-state index >= 15 is 0 Å². The lowest BCUT2D eigenvalue weighted by atomic mass is 9.87. The van der Waals surface area contributed by atoms with E-state index in [0.29, 0.717) is 17.1 Å². The Kier molecular flexibility index (Phi) is 7.24. The van der Waals surface area contributed by atoms with Crippen molar-refractivity contribution in [3.8, 4) is 11.5 Å². The molecule has 1 aliphatic rings. The maximum atomic E-state index is 13.3. The average molecular weight is 655 g/mol. The van der Waals surface area contributed by atoms with Crippen LogP contribution in [-0.2, 0) is 29.2 Å². The number of hydrogen-bond donors (Lipinski definition) is 0. The van der Waals surface area contributed by atoms with Gasteiger partial charge in [0.2, 0.25) is 0 Å². The predicted molar refractivity (Wildman–Crippen MR) is 133 cm³/mol. The van der Waals surface area contributed by atoms with Crippen LogP contribution in [0.5, 0.6) is 11.5 Å². The molecular weight excluding hydrogens is 632 g/mol. The van der Waals surface area contributed by atoms with Gasteiger partial charge in [0.25, 0.3) is 10.1 Å². The van der Waals surface area contributed by atoms with Crippen molar-refractivity contribution in [1.82, 2.24) is 0 Å². The molecule has 0 radical (unpaired) electrons. The summed E-state index contributed by atoms with van der Waals surface area (Å²) in [6.45, 7) is 3.77. The van der Waals surface area contributed by atoms with E-state index in [0.717, 1.165) is 6.26 Å². The molecule has 10 heteroatoms.